The van der Waals surface area contributed by atoms with Gasteiger partial charge in [0.25, 0.3) is 0 Å². The van der Waals surface area contributed by atoms with Crippen LogP contribution in [-0.2, 0) is 6.42 Å². The summed E-state index contributed by atoms with van der Waals surface area (Å²) in [5.41, 5.74) is 0.695. The Morgan fingerprint density at radius 1 is 1.41 bits per heavy atom. The fraction of sp³-hybridized carbons (Fsp3) is 0.538. The standard InChI is InChI=1S/C13H19ClFNS/c1-3-16-11(9-17-4-2)8-10-6-5-7-12(14)13(10)15/h5-7,11,16H,3-4,8-9H2,1-2H3. The maximum Gasteiger partial charge on any atom is 0.145 e. The lowest BCUT2D eigenvalue weighted by Crippen LogP contribution is -2.33. The van der Waals surface area contributed by atoms with Gasteiger partial charge in [-0.25, -0.2) is 4.39 Å². The Bertz CT molecular complexity index is 346. The summed E-state index contributed by atoms with van der Waals surface area (Å²) in [4.78, 5) is 0. The largest absolute Gasteiger partial charge is 0.313 e. The third-order valence-corrected chi connectivity index (χ3v) is 3.85. The average molecular weight is 276 g/mol. The molecule has 17 heavy (non-hydrogen) atoms. The molecular formula is C13H19ClFNS. The SMILES string of the molecule is CCNC(CSCC)Cc1cccc(Cl)c1F. The van der Waals surface area contributed by atoms with E-state index in [0.29, 0.717) is 18.0 Å². The van der Waals surface area contributed by atoms with Crippen molar-refractivity contribution in [2.75, 3.05) is 18.1 Å². The number of hydrogen-bond acceptors (Lipinski definition) is 2. The van der Waals surface area contributed by atoms with Crippen LogP contribution in [0, 0.1) is 5.82 Å². The maximum atomic E-state index is 13.8. The molecule has 0 heterocycles. The minimum Gasteiger partial charge on any atom is -0.313 e. The molecule has 1 atom stereocenters. The van der Waals surface area contributed by atoms with E-state index in [0.717, 1.165) is 18.1 Å². The fourth-order valence-electron chi connectivity index (χ4n) is 1.71. The molecule has 0 amide bonds. The second-order valence-corrected chi connectivity index (χ2v) is 5.56. The number of benzene rings is 1. The predicted molar refractivity (Wildman–Crippen MR) is 75.6 cm³/mol. The zero-order valence-corrected chi connectivity index (χ0v) is 11.9. The lowest BCUT2D eigenvalue weighted by Gasteiger charge is -2.17. The van der Waals surface area contributed by atoms with Crippen molar-refractivity contribution in [3.63, 3.8) is 0 Å². The molecule has 96 valence electrons. The number of halogens is 2. The summed E-state index contributed by atoms with van der Waals surface area (Å²) < 4.78 is 13.8. The van der Waals surface area contributed by atoms with Crippen LogP contribution in [0.4, 0.5) is 4.39 Å². The van der Waals surface area contributed by atoms with Gasteiger partial charge in [-0.1, -0.05) is 37.6 Å². The first-order chi connectivity index (χ1) is 8.19. The van der Waals surface area contributed by atoms with Crippen molar-refractivity contribution < 1.29 is 4.39 Å². The smallest absolute Gasteiger partial charge is 0.145 e. The van der Waals surface area contributed by atoms with Crippen LogP contribution in [0.5, 0.6) is 0 Å². The molecule has 1 nitrogen and oxygen atoms in total. The van der Waals surface area contributed by atoms with Crippen molar-refractivity contribution in [1.29, 1.82) is 0 Å². The Kier molecular flexibility index (Phi) is 6.93. The molecule has 0 saturated carbocycles. The van der Waals surface area contributed by atoms with E-state index in [2.05, 4.69) is 19.2 Å². The van der Waals surface area contributed by atoms with E-state index in [9.17, 15) is 4.39 Å². The Morgan fingerprint density at radius 2 is 2.18 bits per heavy atom. The molecule has 0 radical (unpaired) electrons. The average Bonchev–Trinajstić information content (AvgIpc) is 2.32. The summed E-state index contributed by atoms with van der Waals surface area (Å²) in [5.74, 6) is 1.80. The van der Waals surface area contributed by atoms with Gasteiger partial charge in [0, 0.05) is 11.8 Å². The van der Waals surface area contributed by atoms with Gasteiger partial charge in [0.1, 0.15) is 5.82 Å². The van der Waals surface area contributed by atoms with Gasteiger partial charge in [0.05, 0.1) is 5.02 Å². The summed E-state index contributed by atoms with van der Waals surface area (Å²) in [6.45, 7) is 5.10. The van der Waals surface area contributed by atoms with Gasteiger partial charge in [0.2, 0.25) is 0 Å². The first-order valence-corrected chi connectivity index (χ1v) is 7.46. The van der Waals surface area contributed by atoms with Gasteiger partial charge in [-0.2, -0.15) is 11.8 Å². The Labute approximate surface area is 112 Å². The lowest BCUT2D eigenvalue weighted by atomic mass is 10.1. The molecule has 1 aromatic rings. The van der Waals surface area contributed by atoms with Crippen LogP contribution < -0.4 is 5.32 Å². The minimum absolute atomic E-state index is 0.209. The van der Waals surface area contributed by atoms with Crippen molar-refractivity contribution in [2.24, 2.45) is 0 Å². The third-order valence-electron chi connectivity index (χ3n) is 2.51. The highest BCUT2D eigenvalue weighted by Crippen LogP contribution is 2.19. The van der Waals surface area contributed by atoms with Crippen molar-refractivity contribution in [3.05, 3.63) is 34.6 Å². The van der Waals surface area contributed by atoms with E-state index in [-0.39, 0.29) is 10.8 Å². The van der Waals surface area contributed by atoms with Gasteiger partial charge >= 0.3 is 0 Å². The molecule has 1 rings (SSSR count). The molecule has 1 N–H and O–H groups in total. The van der Waals surface area contributed by atoms with Gasteiger partial charge in [-0.3, -0.25) is 0 Å². The van der Waals surface area contributed by atoms with Gasteiger partial charge in [-0.05, 0) is 30.3 Å². The topological polar surface area (TPSA) is 12.0 Å². The predicted octanol–water partition coefficient (Wildman–Crippen LogP) is 3.75. The summed E-state index contributed by atoms with van der Waals surface area (Å²) in [7, 11) is 0. The second-order valence-electron chi connectivity index (χ2n) is 3.83. The molecule has 1 unspecified atom stereocenters. The highest BCUT2D eigenvalue weighted by molar-refractivity contribution is 7.99. The van der Waals surface area contributed by atoms with E-state index in [1.165, 1.54) is 0 Å². The van der Waals surface area contributed by atoms with Crippen molar-refractivity contribution in [2.45, 2.75) is 26.3 Å². The number of rotatable bonds is 7. The van der Waals surface area contributed by atoms with Crippen molar-refractivity contribution in [1.82, 2.24) is 5.32 Å². The molecule has 4 heteroatoms. The number of likely N-dealkylation sites (N-methyl/N-ethyl adjacent to an activating group) is 1. The zero-order chi connectivity index (χ0) is 12.7. The van der Waals surface area contributed by atoms with Crippen molar-refractivity contribution >= 4 is 23.4 Å². The number of thioether (sulfide) groups is 1. The van der Waals surface area contributed by atoms with Gasteiger partial charge in [0.15, 0.2) is 0 Å². The van der Waals surface area contributed by atoms with E-state index >= 15 is 0 Å². The number of nitrogens with one attached hydrogen (secondary N) is 1. The van der Waals surface area contributed by atoms with Crippen LogP contribution in [0.25, 0.3) is 0 Å². The van der Waals surface area contributed by atoms with Crippen LogP contribution in [-0.4, -0.2) is 24.1 Å². The highest BCUT2D eigenvalue weighted by atomic mass is 35.5. The molecule has 0 spiro atoms. The lowest BCUT2D eigenvalue weighted by molar-refractivity contribution is 0.545. The molecule has 0 aliphatic rings. The molecule has 0 bridgehead atoms. The molecule has 1 aromatic carbocycles. The van der Waals surface area contributed by atoms with Crippen LogP contribution in [0.15, 0.2) is 18.2 Å². The maximum absolute atomic E-state index is 13.8. The monoisotopic (exact) mass is 275 g/mol. The van der Waals surface area contributed by atoms with Crippen LogP contribution in [0.1, 0.15) is 19.4 Å². The molecule has 0 aliphatic carbocycles. The summed E-state index contributed by atoms with van der Waals surface area (Å²) in [5, 5.41) is 3.59. The zero-order valence-electron chi connectivity index (χ0n) is 10.3. The first-order valence-electron chi connectivity index (χ1n) is 5.93. The van der Waals surface area contributed by atoms with E-state index in [4.69, 9.17) is 11.6 Å². The summed E-state index contributed by atoms with van der Waals surface area (Å²) >= 11 is 7.65. The normalized spacial score (nSPS) is 12.7. The second kappa shape index (κ2) is 7.96. The number of hydrogen-bond donors (Lipinski definition) is 1. The molecule has 0 aliphatic heterocycles. The van der Waals surface area contributed by atoms with Crippen LogP contribution in [0.3, 0.4) is 0 Å². The third kappa shape index (κ3) is 4.86. The van der Waals surface area contributed by atoms with Crippen LogP contribution >= 0.6 is 23.4 Å². The van der Waals surface area contributed by atoms with Crippen LogP contribution in [0.2, 0.25) is 5.02 Å². The van der Waals surface area contributed by atoms with Crippen molar-refractivity contribution in [3.8, 4) is 0 Å². The summed E-state index contributed by atoms with van der Waals surface area (Å²) in [6.07, 6.45) is 0.688. The Balaban J connectivity index is 2.67. The first kappa shape index (κ1) is 14.8. The van der Waals surface area contributed by atoms with Gasteiger partial charge in [-0.15, -0.1) is 0 Å². The molecular weight excluding hydrogens is 257 g/mol. The molecule has 0 saturated heterocycles. The van der Waals surface area contributed by atoms with E-state index in [1.807, 2.05) is 17.8 Å². The molecule has 0 aromatic heterocycles. The quantitative estimate of drug-likeness (QED) is 0.813. The minimum atomic E-state index is -0.279. The Morgan fingerprint density at radius 3 is 2.82 bits per heavy atom. The van der Waals surface area contributed by atoms with Gasteiger partial charge < -0.3 is 5.32 Å². The Hall–Kier alpha value is -0.250. The van der Waals surface area contributed by atoms with E-state index in [1.54, 1.807) is 12.1 Å². The summed E-state index contributed by atoms with van der Waals surface area (Å²) in [6, 6.07) is 5.50. The molecule has 0 fully saturated rings. The van der Waals surface area contributed by atoms with E-state index < -0.39 is 0 Å². The highest BCUT2D eigenvalue weighted by Gasteiger charge is 2.12. The fourth-order valence-corrected chi connectivity index (χ4v) is 2.66.